The molecular formula is C40H79N2O6P. The van der Waals surface area contributed by atoms with Crippen LogP contribution in [0, 0.1) is 0 Å². The molecule has 3 atom stereocenters. The predicted molar refractivity (Wildman–Crippen MR) is 205 cm³/mol. The maximum absolute atomic E-state index is 12.8. The summed E-state index contributed by atoms with van der Waals surface area (Å²) >= 11 is 0. The first kappa shape index (κ1) is 48.0. The maximum Gasteiger partial charge on any atom is 0.268 e. The number of rotatable bonds is 36. The van der Waals surface area contributed by atoms with Gasteiger partial charge < -0.3 is 28.8 Å². The SMILES string of the molecule is CCCCCCC/C=C/CCCCCCCC(=O)N[C@@H](COP(=O)([O-])OCC[N+](C)(C)C)[C@H](O)CCCC/C=C/CCCCCCCCC. The zero-order valence-corrected chi connectivity index (χ0v) is 33.5. The van der Waals surface area contributed by atoms with Gasteiger partial charge in [-0.05, 0) is 64.2 Å². The molecule has 0 aliphatic carbocycles. The van der Waals surface area contributed by atoms with Crippen LogP contribution in [-0.4, -0.2) is 68.5 Å². The number of hydrogen-bond acceptors (Lipinski definition) is 6. The van der Waals surface area contributed by atoms with E-state index in [4.69, 9.17) is 9.05 Å². The Morgan fingerprint density at radius 3 is 1.59 bits per heavy atom. The number of quaternary nitrogens is 1. The third-order valence-corrected chi connectivity index (χ3v) is 9.88. The lowest BCUT2D eigenvalue weighted by molar-refractivity contribution is -0.870. The maximum atomic E-state index is 12.8. The molecule has 0 bridgehead atoms. The van der Waals surface area contributed by atoms with Gasteiger partial charge in [-0.3, -0.25) is 9.36 Å². The number of aliphatic hydroxyl groups is 1. The molecule has 290 valence electrons. The Hall–Kier alpha value is -1.02. The fraction of sp³-hybridized carbons (Fsp3) is 0.875. The standard InChI is InChI=1S/C40H79N2O6P/c1-6-8-10-12-14-16-18-20-22-24-26-28-30-32-34-40(44)41-38(37-48-49(45,46)47-36-35-42(3,4)5)39(43)33-31-29-27-25-23-21-19-17-15-13-11-9-7-2/h18,20,23,25,38-39,43H,6-17,19,21-22,24,26-37H2,1-5H3,(H-,41,44,45,46)/b20-18+,25-23+/t38-,39+/m0/s1. The number of phosphoric ester groups is 1. The minimum atomic E-state index is -4.56. The van der Waals surface area contributed by atoms with Gasteiger partial charge in [0.1, 0.15) is 13.2 Å². The molecule has 0 saturated carbocycles. The number of amides is 1. The molecule has 0 aromatic rings. The first-order chi connectivity index (χ1) is 23.5. The summed E-state index contributed by atoms with van der Waals surface area (Å²) in [5.41, 5.74) is 0. The van der Waals surface area contributed by atoms with Gasteiger partial charge in [-0.2, -0.15) is 0 Å². The van der Waals surface area contributed by atoms with Gasteiger partial charge in [0.15, 0.2) is 0 Å². The summed E-state index contributed by atoms with van der Waals surface area (Å²) in [7, 11) is 1.28. The van der Waals surface area contributed by atoms with E-state index in [1.165, 1.54) is 89.9 Å². The van der Waals surface area contributed by atoms with Gasteiger partial charge in [0.2, 0.25) is 5.91 Å². The van der Waals surface area contributed by atoms with Crippen LogP contribution in [0.2, 0.25) is 0 Å². The Bertz CT molecular complexity index is 860. The van der Waals surface area contributed by atoms with Crippen molar-refractivity contribution in [3.8, 4) is 0 Å². The van der Waals surface area contributed by atoms with E-state index in [1.54, 1.807) is 0 Å². The monoisotopic (exact) mass is 715 g/mol. The highest BCUT2D eigenvalue weighted by atomic mass is 31.2. The van der Waals surface area contributed by atoms with Crippen LogP contribution >= 0.6 is 7.82 Å². The van der Waals surface area contributed by atoms with Gasteiger partial charge in [-0.25, -0.2) is 0 Å². The van der Waals surface area contributed by atoms with E-state index in [2.05, 4.69) is 43.5 Å². The summed E-state index contributed by atoms with van der Waals surface area (Å²) in [4.78, 5) is 25.2. The Morgan fingerprint density at radius 1 is 0.694 bits per heavy atom. The number of unbranched alkanes of at least 4 members (excludes halogenated alkanes) is 19. The molecule has 8 nitrogen and oxygen atoms in total. The van der Waals surface area contributed by atoms with E-state index < -0.39 is 20.0 Å². The molecule has 0 fully saturated rings. The highest BCUT2D eigenvalue weighted by Crippen LogP contribution is 2.38. The first-order valence-electron chi connectivity index (χ1n) is 20.2. The molecule has 0 rings (SSSR count). The molecule has 0 aromatic heterocycles. The van der Waals surface area contributed by atoms with E-state index in [-0.39, 0.29) is 19.1 Å². The van der Waals surface area contributed by atoms with Gasteiger partial charge in [0.05, 0.1) is 39.9 Å². The molecule has 2 N–H and O–H groups in total. The van der Waals surface area contributed by atoms with Crippen molar-refractivity contribution in [2.24, 2.45) is 0 Å². The molecule has 0 radical (unpaired) electrons. The van der Waals surface area contributed by atoms with Crippen LogP contribution in [0.15, 0.2) is 24.3 Å². The third-order valence-electron chi connectivity index (χ3n) is 8.91. The number of carbonyl (C=O) groups is 1. The van der Waals surface area contributed by atoms with E-state index in [1.807, 2.05) is 21.1 Å². The summed E-state index contributed by atoms with van der Waals surface area (Å²) in [6.45, 7) is 4.66. The molecule has 1 amide bonds. The van der Waals surface area contributed by atoms with Crippen molar-refractivity contribution < 1.29 is 32.9 Å². The lowest BCUT2D eigenvalue weighted by Gasteiger charge is -2.30. The lowest BCUT2D eigenvalue weighted by atomic mass is 10.0. The molecule has 0 aliphatic heterocycles. The van der Waals surface area contributed by atoms with Gasteiger partial charge >= 0.3 is 0 Å². The molecule has 0 spiro atoms. The second-order valence-electron chi connectivity index (χ2n) is 15.0. The highest BCUT2D eigenvalue weighted by Gasteiger charge is 2.24. The Morgan fingerprint density at radius 2 is 1.12 bits per heavy atom. The van der Waals surface area contributed by atoms with Crippen LogP contribution in [0.4, 0.5) is 0 Å². The first-order valence-corrected chi connectivity index (χ1v) is 21.6. The quantitative estimate of drug-likeness (QED) is 0.0290. The van der Waals surface area contributed by atoms with Crippen molar-refractivity contribution >= 4 is 13.7 Å². The Balaban J connectivity index is 4.50. The van der Waals surface area contributed by atoms with Crippen LogP contribution in [0.25, 0.3) is 0 Å². The van der Waals surface area contributed by atoms with Crippen LogP contribution < -0.4 is 10.2 Å². The van der Waals surface area contributed by atoms with Gasteiger partial charge in [0, 0.05) is 6.42 Å². The van der Waals surface area contributed by atoms with Crippen molar-refractivity contribution in [1.82, 2.24) is 5.32 Å². The fourth-order valence-corrected chi connectivity index (χ4v) is 6.34. The number of likely N-dealkylation sites (N-methyl/N-ethyl adjacent to an activating group) is 1. The topological polar surface area (TPSA) is 108 Å². The van der Waals surface area contributed by atoms with Gasteiger partial charge in [-0.15, -0.1) is 0 Å². The average molecular weight is 715 g/mol. The van der Waals surface area contributed by atoms with Crippen LogP contribution in [0.1, 0.15) is 174 Å². The summed E-state index contributed by atoms with van der Waals surface area (Å²) in [6.07, 6.45) is 36.0. The largest absolute Gasteiger partial charge is 0.756 e. The molecular weight excluding hydrogens is 635 g/mol. The molecule has 9 heteroatoms. The zero-order chi connectivity index (χ0) is 36.5. The van der Waals surface area contributed by atoms with Crippen LogP contribution in [0.3, 0.4) is 0 Å². The second-order valence-corrected chi connectivity index (χ2v) is 16.4. The summed E-state index contributed by atoms with van der Waals surface area (Å²) < 4.78 is 23.2. The van der Waals surface area contributed by atoms with E-state index >= 15 is 0 Å². The lowest BCUT2D eigenvalue weighted by Crippen LogP contribution is -2.46. The minimum Gasteiger partial charge on any atom is -0.756 e. The smallest absolute Gasteiger partial charge is 0.268 e. The zero-order valence-electron chi connectivity index (χ0n) is 32.6. The van der Waals surface area contributed by atoms with Crippen molar-refractivity contribution in [3.63, 3.8) is 0 Å². The number of hydrogen-bond donors (Lipinski definition) is 2. The number of allylic oxidation sites excluding steroid dienone is 4. The van der Waals surface area contributed by atoms with Crippen LogP contribution in [-0.2, 0) is 18.4 Å². The number of nitrogens with one attached hydrogen (secondary N) is 1. The van der Waals surface area contributed by atoms with E-state index in [0.29, 0.717) is 23.9 Å². The summed E-state index contributed by atoms with van der Waals surface area (Å²) in [5, 5.41) is 13.8. The normalized spacial score (nSPS) is 14.8. The average Bonchev–Trinajstić information content (AvgIpc) is 3.04. The van der Waals surface area contributed by atoms with Crippen LogP contribution in [0.5, 0.6) is 0 Å². The Kier molecular flexibility index (Phi) is 32.2. The van der Waals surface area contributed by atoms with Gasteiger partial charge in [-0.1, -0.05) is 128 Å². The fourth-order valence-electron chi connectivity index (χ4n) is 5.61. The number of phosphoric acid groups is 1. The molecule has 0 saturated heterocycles. The molecule has 0 heterocycles. The summed E-state index contributed by atoms with van der Waals surface area (Å²) in [6, 6.07) is -0.817. The molecule has 49 heavy (non-hydrogen) atoms. The minimum absolute atomic E-state index is 0.00570. The Labute approximate surface area is 303 Å². The molecule has 1 unspecified atom stereocenters. The van der Waals surface area contributed by atoms with E-state index in [0.717, 1.165) is 57.8 Å². The van der Waals surface area contributed by atoms with E-state index in [9.17, 15) is 19.4 Å². The van der Waals surface area contributed by atoms with Crippen molar-refractivity contribution in [3.05, 3.63) is 24.3 Å². The third kappa shape index (κ3) is 35.2. The van der Waals surface area contributed by atoms with Gasteiger partial charge in [0.25, 0.3) is 7.82 Å². The molecule has 0 aliphatic rings. The number of aliphatic hydroxyl groups excluding tert-OH is 1. The van der Waals surface area contributed by atoms with Crippen molar-refractivity contribution in [2.75, 3.05) is 40.9 Å². The van der Waals surface area contributed by atoms with Crippen molar-refractivity contribution in [2.45, 2.75) is 187 Å². The second kappa shape index (κ2) is 32.9. The summed E-state index contributed by atoms with van der Waals surface area (Å²) in [5.74, 6) is -0.186. The highest BCUT2D eigenvalue weighted by molar-refractivity contribution is 7.45. The number of nitrogens with zero attached hydrogens (tertiary/aromatic N) is 1. The molecule has 0 aromatic carbocycles. The number of carbonyl (C=O) groups excluding carboxylic acids is 1. The predicted octanol–water partition coefficient (Wildman–Crippen LogP) is 9.94. The van der Waals surface area contributed by atoms with Crippen molar-refractivity contribution in [1.29, 1.82) is 0 Å².